The van der Waals surface area contributed by atoms with Crippen LogP contribution in [-0.4, -0.2) is 5.78 Å². The van der Waals surface area contributed by atoms with E-state index in [0.717, 1.165) is 19.3 Å². The van der Waals surface area contributed by atoms with E-state index in [-0.39, 0.29) is 11.7 Å². The zero-order valence-electron chi connectivity index (χ0n) is 6.89. The Morgan fingerprint density at radius 3 is 2.50 bits per heavy atom. The maximum Gasteiger partial charge on any atom is 0.158 e. The summed E-state index contributed by atoms with van der Waals surface area (Å²) in [4.78, 5) is 11.0. The van der Waals surface area contributed by atoms with Crippen LogP contribution >= 0.6 is 0 Å². The molecule has 0 bridgehead atoms. The van der Waals surface area contributed by atoms with Crippen LogP contribution in [0, 0.1) is 5.92 Å². The molecule has 0 saturated heterocycles. The zero-order valence-corrected chi connectivity index (χ0v) is 6.89. The lowest BCUT2D eigenvalue weighted by atomic mass is 9.96. The topological polar surface area (TPSA) is 17.1 Å². The first kappa shape index (κ1) is 9.41. The van der Waals surface area contributed by atoms with Crippen molar-refractivity contribution in [1.82, 2.24) is 0 Å². The van der Waals surface area contributed by atoms with Gasteiger partial charge in [0.25, 0.3) is 0 Å². The first-order valence-corrected chi connectivity index (χ1v) is 3.92. The van der Waals surface area contributed by atoms with E-state index < -0.39 is 0 Å². The Morgan fingerprint density at radius 1 is 1.60 bits per heavy atom. The summed E-state index contributed by atoms with van der Waals surface area (Å²) < 4.78 is 0. The van der Waals surface area contributed by atoms with Gasteiger partial charge in [0.15, 0.2) is 5.78 Å². The molecule has 0 radical (unpaired) electrons. The van der Waals surface area contributed by atoms with E-state index >= 15 is 0 Å². The quantitative estimate of drug-likeness (QED) is 0.536. The minimum atomic E-state index is 0.198. The van der Waals surface area contributed by atoms with Crippen molar-refractivity contribution in [2.24, 2.45) is 5.92 Å². The Balaban J connectivity index is 3.79. The highest BCUT2D eigenvalue weighted by Crippen LogP contribution is 2.11. The second-order valence-electron chi connectivity index (χ2n) is 2.50. The van der Waals surface area contributed by atoms with E-state index in [2.05, 4.69) is 13.5 Å². The van der Waals surface area contributed by atoms with Gasteiger partial charge < -0.3 is 0 Å². The predicted molar refractivity (Wildman–Crippen MR) is 43.9 cm³/mol. The first-order chi connectivity index (χ1) is 4.76. The summed E-state index contributed by atoms with van der Waals surface area (Å²) in [5.74, 6) is 0.423. The molecule has 0 aromatic heterocycles. The van der Waals surface area contributed by atoms with Crippen LogP contribution < -0.4 is 0 Å². The van der Waals surface area contributed by atoms with Crippen molar-refractivity contribution in [3.8, 4) is 0 Å². The molecule has 58 valence electrons. The fraction of sp³-hybridized carbons (Fsp3) is 0.667. The number of carbonyl (C=O) groups excluding carboxylic acids is 1. The lowest BCUT2D eigenvalue weighted by Crippen LogP contribution is -2.09. The van der Waals surface area contributed by atoms with Gasteiger partial charge in [0.1, 0.15) is 0 Å². The van der Waals surface area contributed by atoms with Gasteiger partial charge in [0.05, 0.1) is 0 Å². The largest absolute Gasteiger partial charge is 0.295 e. The summed E-state index contributed by atoms with van der Waals surface area (Å²) in [7, 11) is 0. The van der Waals surface area contributed by atoms with Gasteiger partial charge in [0.2, 0.25) is 0 Å². The molecule has 0 fully saturated rings. The van der Waals surface area contributed by atoms with Gasteiger partial charge in [-0.25, -0.2) is 0 Å². The molecule has 0 aromatic carbocycles. The van der Waals surface area contributed by atoms with Crippen molar-refractivity contribution >= 4 is 5.78 Å². The molecule has 0 N–H and O–H groups in total. The van der Waals surface area contributed by atoms with E-state index in [1.807, 2.05) is 6.92 Å². The molecule has 0 aliphatic rings. The lowest BCUT2D eigenvalue weighted by Gasteiger charge is -2.07. The van der Waals surface area contributed by atoms with Gasteiger partial charge in [0, 0.05) is 5.92 Å². The molecular formula is C9H16O. The van der Waals surface area contributed by atoms with Crippen molar-refractivity contribution in [2.45, 2.75) is 33.1 Å². The third-order valence-corrected chi connectivity index (χ3v) is 1.73. The predicted octanol–water partition coefficient (Wildman–Crippen LogP) is 2.57. The Bertz CT molecular complexity index is 116. The molecule has 10 heavy (non-hydrogen) atoms. The smallest absolute Gasteiger partial charge is 0.158 e. The lowest BCUT2D eigenvalue weighted by molar-refractivity contribution is -0.118. The van der Waals surface area contributed by atoms with Crippen LogP contribution in [0.15, 0.2) is 12.7 Å². The molecule has 0 spiro atoms. The number of rotatable bonds is 5. The van der Waals surface area contributed by atoms with Crippen LogP contribution in [0.3, 0.4) is 0 Å². The zero-order chi connectivity index (χ0) is 7.98. The average Bonchev–Trinajstić information content (AvgIpc) is 1.99. The van der Waals surface area contributed by atoms with Gasteiger partial charge in [-0.05, 0) is 18.9 Å². The van der Waals surface area contributed by atoms with Crippen LogP contribution in [0.4, 0.5) is 0 Å². The van der Waals surface area contributed by atoms with Crippen molar-refractivity contribution in [3.63, 3.8) is 0 Å². The van der Waals surface area contributed by atoms with Crippen molar-refractivity contribution in [2.75, 3.05) is 0 Å². The molecule has 0 aromatic rings. The Hall–Kier alpha value is -0.590. The molecule has 0 aliphatic heterocycles. The molecular weight excluding hydrogens is 124 g/mol. The van der Waals surface area contributed by atoms with Crippen LogP contribution in [0.5, 0.6) is 0 Å². The molecule has 0 saturated carbocycles. The van der Waals surface area contributed by atoms with E-state index in [4.69, 9.17) is 0 Å². The number of carbonyl (C=O) groups is 1. The summed E-state index contributed by atoms with van der Waals surface area (Å²) >= 11 is 0. The van der Waals surface area contributed by atoms with Gasteiger partial charge in [-0.3, -0.25) is 4.79 Å². The highest BCUT2D eigenvalue weighted by Gasteiger charge is 2.10. The summed E-state index contributed by atoms with van der Waals surface area (Å²) in [5.41, 5.74) is 0. The summed E-state index contributed by atoms with van der Waals surface area (Å²) in [6.45, 7) is 7.60. The monoisotopic (exact) mass is 140 g/mol. The SMILES string of the molecule is C=CC(=O)C(CC)CCC. The van der Waals surface area contributed by atoms with E-state index in [9.17, 15) is 4.79 Å². The van der Waals surface area contributed by atoms with Crippen LogP contribution in [0.25, 0.3) is 0 Å². The summed E-state index contributed by atoms with van der Waals surface area (Å²) in [6.07, 6.45) is 4.46. The van der Waals surface area contributed by atoms with Crippen molar-refractivity contribution in [3.05, 3.63) is 12.7 Å². The fourth-order valence-corrected chi connectivity index (χ4v) is 1.06. The third kappa shape index (κ3) is 2.81. The first-order valence-electron chi connectivity index (χ1n) is 3.92. The van der Waals surface area contributed by atoms with Gasteiger partial charge in [-0.1, -0.05) is 26.8 Å². The molecule has 1 atom stereocenters. The molecule has 1 nitrogen and oxygen atoms in total. The Kier molecular flexibility index (Phi) is 4.91. The normalized spacial score (nSPS) is 12.6. The summed E-state index contributed by atoms with van der Waals surface area (Å²) in [5, 5.41) is 0. The van der Waals surface area contributed by atoms with E-state index in [0.29, 0.717) is 0 Å². The number of ketones is 1. The highest BCUT2D eigenvalue weighted by atomic mass is 16.1. The van der Waals surface area contributed by atoms with Crippen LogP contribution in [0.1, 0.15) is 33.1 Å². The fourth-order valence-electron chi connectivity index (χ4n) is 1.06. The molecule has 1 unspecified atom stereocenters. The van der Waals surface area contributed by atoms with Crippen molar-refractivity contribution in [1.29, 1.82) is 0 Å². The number of allylic oxidation sites excluding steroid dienone is 1. The highest BCUT2D eigenvalue weighted by molar-refractivity contribution is 5.91. The average molecular weight is 140 g/mol. The minimum Gasteiger partial charge on any atom is -0.295 e. The molecule has 0 heterocycles. The Morgan fingerprint density at radius 2 is 2.20 bits per heavy atom. The second-order valence-corrected chi connectivity index (χ2v) is 2.50. The molecule has 0 rings (SSSR count). The van der Waals surface area contributed by atoms with Crippen LogP contribution in [0.2, 0.25) is 0 Å². The Labute approximate surface area is 63.1 Å². The van der Waals surface area contributed by atoms with Crippen LogP contribution in [-0.2, 0) is 4.79 Å². The maximum absolute atomic E-state index is 11.0. The summed E-state index contributed by atoms with van der Waals surface area (Å²) in [6, 6.07) is 0. The maximum atomic E-state index is 11.0. The standard InChI is InChI=1S/C9H16O/c1-4-7-8(5-2)9(10)6-3/h6,8H,3-5,7H2,1-2H3. The number of hydrogen-bond acceptors (Lipinski definition) is 1. The molecule has 1 heteroatoms. The van der Waals surface area contributed by atoms with Gasteiger partial charge >= 0.3 is 0 Å². The van der Waals surface area contributed by atoms with Gasteiger partial charge in [-0.15, -0.1) is 0 Å². The number of hydrogen-bond donors (Lipinski definition) is 0. The third-order valence-electron chi connectivity index (χ3n) is 1.73. The molecule has 0 aliphatic carbocycles. The van der Waals surface area contributed by atoms with Crippen molar-refractivity contribution < 1.29 is 4.79 Å². The van der Waals surface area contributed by atoms with Gasteiger partial charge in [-0.2, -0.15) is 0 Å². The minimum absolute atomic E-state index is 0.198. The second kappa shape index (κ2) is 5.21. The molecule has 0 amide bonds. The van der Waals surface area contributed by atoms with E-state index in [1.165, 1.54) is 6.08 Å². The van der Waals surface area contributed by atoms with E-state index in [1.54, 1.807) is 0 Å².